The molecule has 1 aliphatic carbocycles. The number of pyridine rings is 1. The predicted octanol–water partition coefficient (Wildman–Crippen LogP) is 4.54. The van der Waals surface area contributed by atoms with Crippen molar-refractivity contribution in [3.05, 3.63) is 58.0 Å². The number of aryl methyl sites for hydroxylation is 1. The molecule has 1 amide bonds. The fourth-order valence-corrected chi connectivity index (χ4v) is 5.43. The molecule has 2 aromatic rings. The molecule has 1 aromatic carbocycles. The maximum atomic E-state index is 15.0. The number of aliphatic carboxylic acids is 1. The highest BCUT2D eigenvalue weighted by Crippen LogP contribution is 2.41. The van der Waals surface area contributed by atoms with Crippen LogP contribution in [0.3, 0.4) is 0 Å². The molecule has 1 N–H and O–H groups in total. The molecule has 0 spiro atoms. The van der Waals surface area contributed by atoms with Crippen LogP contribution < -0.4 is 4.74 Å². The van der Waals surface area contributed by atoms with Gasteiger partial charge in [0.25, 0.3) is 0 Å². The Morgan fingerprint density at radius 1 is 1.19 bits per heavy atom. The van der Waals surface area contributed by atoms with E-state index in [2.05, 4.69) is 9.72 Å². The molecule has 10 heteroatoms. The summed E-state index contributed by atoms with van der Waals surface area (Å²) in [6, 6.07) is 4.82. The number of carboxylic acid groups (broad SMARTS) is 1. The van der Waals surface area contributed by atoms with Crippen LogP contribution in [0, 0.1) is 5.82 Å². The van der Waals surface area contributed by atoms with Gasteiger partial charge in [0.15, 0.2) is 5.78 Å². The number of ether oxygens (including phenoxy) is 1. The number of ketones is 1. The van der Waals surface area contributed by atoms with Gasteiger partial charge in [0.1, 0.15) is 11.9 Å². The minimum atomic E-state index is -3.06. The molecule has 2 aliphatic rings. The molecule has 0 saturated carbocycles. The third-order valence-electron chi connectivity index (χ3n) is 7.10. The highest BCUT2D eigenvalue weighted by molar-refractivity contribution is 5.92. The Bertz CT molecular complexity index is 1230. The molecule has 1 aromatic heterocycles. The number of alkyl halides is 2. The van der Waals surface area contributed by atoms with Crippen molar-refractivity contribution >= 4 is 17.7 Å². The van der Waals surface area contributed by atoms with E-state index in [1.54, 1.807) is 0 Å². The number of rotatable bonds is 9. The zero-order chi connectivity index (χ0) is 26.9. The monoisotopic (exact) mass is 518 g/mol. The van der Waals surface area contributed by atoms with Crippen LogP contribution in [0.25, 0.3) is 0 Å². The van der Waals surface area contributed by atoms with Crippen LogP contribution in [-0.4, -0.2) is 45.8 Å². The molecular formula is C27H29F3N2O5. The van der Waals surface area contributed by atoms with Crippen molar-refractivity contribution in [2.45, 2.75) is 76.9 Å². The minimum absolute atomic E-state index is 0.0615. The van der Waals surface area contributed by atoms with Gasteiger partial charge in [-0.05, 0) is 53.5 Å². The van der Waals surface area contributed by atoms with Crippen LogP contribution >= 0.6 is 0 Å². The van der Waals surface area contributed by atoms with Crippen LogP contribution in [0.1, 0.15) is 73.5 Å². The van der Waals surface area contributed by atoms with Crippen molar-refractivity contribution in [2.75, 3.05) is 6.54 Å². The quantitative estimate of drug-likeness (QED) is 0.524. The molecule has 0 radical (unpaired) electrons. The number of benzene rings is 1. The third kappa shape index (κ3) is 5.78. The summed E-state index contributed by atoms with van der Waals surface area (Å²) >= 11 is 0. The largest absolute Gasteiger partial charge is 0.481 e. The number of nitrogens with zero attached hydrogens (tertiary/aromatic N) is 2. The van der Waals surface area contributed by atoms with Gasteiger partial charge in [-0.1, -0.05) is 19.9 Å². The van der Waals surface area contributed by atoms with Gasteiger partial charge in [-0.3, -0.25) is 14.4 Å². The van der Waals surface area contributed by atoms with Gasteiger partial charge < -0.3 is 14.7 Å². The van der Waals surface area contributed by atoms with Crippen LogP contribution in [0.15, 0.2) is 24.3 Å². The molecule has 0 saturated heterocycles. The summed E-state index contributed by atoms with van der Waals surface area (Å²) in [6.07, 6.45) is 1.46. The van der Waals surface area contributed by atoms with Crippen molar-refractivity contribution in [3.63, 3.8) is 0 Å². The number of aromatic nitrogens is 1. The van der Waals surface area contributed by atoms with E-state index >= 15 is 4.39 Å². The molecule has 1 aliphatic heterocycles. The zero-order valence-electron chi connectivity index (χ0n) is 20.7. The van der Waals surface area contributed by atoms with Crippen molar-refractivity contribution in [1.29, 1.82) is 0 Å². The molecule has 0 fully saturated rings. The van der Waals surface area contributed by atoms with Gasteiger partial charge in [-0.2, -0.15) is 8.78 Å². The van der Waals surface area contributed by atoms with Gasteiger partial charge in [-0.15, -0.1) is 0 Å². The van der Waals surface area contributed by atoms with Gasteiger partial charge in [0, 0.05) is 43.9 Å². The average Bonchev–Trinajstić information content (AvgIpc) is 3.12. The van der Waals surface area contributed by atoms with E-state index in [-0.39, 0.29) is 67.5 Å². The molecule has 2 heterocycles. The Hall–Kier alpha value is -3.43. The molecule has 0 bridgehead atoms. The molecule has 4 rings (SSSR count). The number of carbonyl (C=O) groups is 3. The summed E-state index contributed by atoms with van der Waals surface area (Å²) in [5.41, 5.74) is 2.51. The van der Waals surface area contributed by atoms with Crippen molar-refractivity contribution in [1.82, 2.24) is 9.88 Å². The van der Waals surface area contributed by atoms with Crippen LogP contribution in [0.5, 0.6) is 5.88 Å². The smallest absolute Gasteiger partial charge is 0.388 e. The SMILES string of the molecule is CC1(C)CCc2cc(CC(=O)[C@H]3c4ccc(OC(F)F)nc4CCN3C(=O)CCCC(=O)O)cc(F)c21. The van der Waals surface area contributed by atoms with Gasteiger partial charge >= 0.3 is 12.6 Å². The standard InChI is InChI=1S/C27H29F3N2O5/c1-27(2)10-8-16-12-15(13-18(28)24(16)27)14-20(33)25-17-6-7-21(37-26(29)30)31-19(17)9-11-32(25)22(34)4-3-5-23(35)36/h6-7,12-13,25-26H,3-5,8-11,14H2,1-2H3,(H,35,36)/t25-/m1/s1. The highest BCUT2D eigenvalue weighted by atomic mass is 19.3. The first-order valence-corrected chi connectivity index (χ1v) is 12.3. The highest BCUT2D eigenvalue weighted by Gasteiger charge is 2.37. The predicted molar refractivity (Wildman–Crippen MR) is 127 cm³/mol. The number of carboxylic acids is 1. The summed E-state index contributed by atoms with van der Waals surface area (Å²) in [5.74, 6) is -2.43. The topological polar surface area (TPSA) is 96.8 Å². The van der Waals surface area contributed by atoms with Crippen LogP contribution in [-0.2, 0) is 39.1 Å². The van der Waals surface area contributed by atoms with E-state index in [1.165, 1.54) is 23.1 Å². The first kappa shape index (κ1) is 26.6. The Kier molecular flexibility index (Phi) is 7.57. The lowest BCUT2D eigenvalue weighted by Gasteiger charge is -2.36. The summed E-state index contributed by atoms with van der Waals surface area (Å²) in [6.45, 7) is 1.02. The number of carbonyl (C=O) groups excluding carboxylic acids is 2. The van der Waals surface area contributed by atoms with Crippen LogP contribution in [0.2, 0.25) is 0 Å². The molecule has 1 atom stereocenters. The van der Waals surface area contributed by atoms with E-state index < -0.39 is 18.6 Å². The van der Waals surface area contributed by atoms with E-state index in [1.807, 2.05) is 19.9 Å². The first-order chi connectivity index (χ1) is 17.5. The first-order valence-electron chi connectivity index (χ1n) is 12.3. The second-order valence-electron chi connectivity index (χ2n) is 10.2. The van der Waals surface area contributed by atoms with Crippen molar-refractivity contribution in [2.24, 2.45) is 0 Å². The summed E-state index contributed by atoms with van der Waals surface area (Å²) < 4.78 is 44.8. The van der Waals surface area contributed by atoms with E-state index in [4.69, 9.17) is 5.11 Å². The van der Waals surface area contributed by atoms with E-state index in [0.29, 0.717) is 28.8 Å². The third-order valence-corrected chi connectivity index (χ3v) is 7.10. The molecule has 0 unspecified atom stereocenters. The van der Waals surface area contributed by atoms with E-state index in [0.717, 1.165) is 12.0 Å². The lowest BCUT2D eigenvalue weighted by molar-refractivity contribution is -0.141. The summed E-state index contributed by atoms with van der Waals surface area (Å²) in [4.78, 5) is 43.0. The molecular weight excluding hydrogens is 489 g/mol. The number of fused-ring (bicyclic) bond motifs is 2. The Labute approximate surface area is 212 Å². The minimum Gasteiger partial charge on any atom is -0.481 e. The normalized spacial score (nSPS) is 17.9. The molecule has 198 valence electrons. The lowest BCUT2D eigenvalue weighted by atomic mass is 9.85. The van der Waals surface area contributed by atoms with Crippen molar-refractivity contribution in [3.8, 4) is 5.88 Å². The summed E-state index contributed by atoms with van der Waals surface area (Å²) in [7, 11) is 0. The second kappa shape index (κ2) is 10.5. The van der Waals surface area contributed by atoms with Crippen LogP contribution in [0.4, 0.5) is 13.2 Å². The molecule has 37 heavy (non-hydrogen) atoms. The van der Waals surface area contributed by atoms with Gasteiger partial charge in [0.2, 0.25) is 11.8 Å². The number of hydrogen-bond donors (Lipinski definition) is 1. The Morgan fingerprint density at radius 3 is 2.65 bits per heavy atom. The fourth-order valence-electron chi connectivity index (χ4n) is 5.43. The fraction of sp³-hybridized carbons (Fsp3) is 0.481. The Morgan fingerprint density at radius 2 is 1.95 bits per heavy atom. The second-order valence-corrected chi connectivity index (χ2v) is 10.2. The maximum absolute atomic E-state index is 15.0. The number of amides is 1. The number of halogens is 3. The maximum Gasteiger partial charge on any atom is 0.388 e. The van der Waals surface area contributed by atoms with Gasteiger partial charge in [0.05, 0.1) is 5.69 Å². The average molecular weight is 519 g/mol. The number of hydrogen-bond acceptors (Lipinski definition) is 5. The lowest BCUT2D eigenvalue weighted by Crippen LogP contribution is -2.44. The van der Waals surface area contributed by atoms with E-state index in [9.17, 15) is 23.2 Å². The Balaban J connectivity index is 1.63. The van der Waals surface area contributed by atoms with Gasteiger partial charge in [-0.25, -0.2) is 9.37 Å². The van der Waals surface area contributed by atoms with Crippen molar-refractivity contribution < 1.29 is 37.4 Å². The molecule has 7 nitrogen and oxygen atoms in total. The zero-order valence-corrected chi connectivity index (χ0v) is 20.7. The summed E-state index contributed by atoms with van der Waals surface area (Å²) in [5, 5.41) is 8.90. The number of Topliss-reactive ketones (excluding diaryl/α,β-unsaturated/α-hetero) is 1.